The fourth-order valence-corrected chi connectivity index (χ4v) is 2.21. The van der Waals surface area contributed by atoms with Crippen molar-refractivity contribution in [3.05, 3.63) is 89.7 Å². The highest BCUT2D eigenvalue weighted by Crippen LogP contribution is 2.18. The molecule has 0 aliphatic heterocycles. The van der Waals surface area contributed by atoms with E-state index in [1.54, 1.807) is 54.7 Å². The van der Waals surface area contributed by atoms with Gasteiger partial charge in [-0.2, -0.15) is 0 Å². The summed E-state index contributed by atoms with van der Waals surface area (Å²) in [6.45, 7) is 1.84. The number of hydrogen-bond donors (Lipinski definition) is 1. The standard InChI is InChI=1S/C20H16N4O3/c1-14-5-2-3-7-18(14)20(26)27-24-17-10-8-16(9-11-17)22-23-19(25)15-6-4-12-21-13-15/h2-13,24H,1H3. The van der Waals surface area contributed by atoms with E-state index in [0.717, 1.165) is 5.56 Å². The number of azo groups is 1. The molecular weight excluding hydrogens is 344 g/mol. The Morgan fingerprint density at radius 2 is 1.78 bits per heavy atom. The Labute approximate surface area is 155 Å². The number of aryl methyl sites for hydroxylation is 1. The molecule has 7 heteroatoms. The molecule has 0 bridgehead atoms. The topological polar surface area (TPSA) is 93.0 Å². The van der Waals surface area contributed by atoms with Crippen LogP contribution in [0.3, 0.4) is 0 Å². The van der Waals surface area contributed by atoms with Crippen LogP contribution in [0.1, 0.15) is 26.3 Å². The van der Waals surface area contributed by atoms with Gasteiger partial charge in [0.1, 0.15) is 0 Å². The van der Waals surface area contributed by atoms with Crippen LogP contribution in [-0.4, -0.2) is 16.9 Å². The Balaban J connectivity index is 1.57. The smallest absolute Gasteiger partial charge is 0.338 e. The van der Waals surface area contributed by atoms with Crippen LogP contribution in [0.5, 0.6) is 0 Å². The molecular formula is C20H16N4O3. The first-order chi connectivity index (χ1) is 13.1. The third-order valence-electron chi connectivity index (χ3n) is 3.66. The van der Waals surface area contributed by atoms with E-state index in [9.17, 15) is 9.59 Å². The lowest BCUT2D eigenvalue weighted by molar-refractivity contribution is 0.0595. The minimum atomic E-state index is -0.475. The maximum absolute atomic E-state index is 12.1. The van der Waals surface area contributed by atoms with Gasteiger partial charge in [-0.3, -0.25) is 9.78 Å². The van der Waals surface area contributed by atoms with Gasteiger partial charge in [-0.15, -0.1) is 10.2 Å². The summed E-state index contributed by atoms with van der Waals surface area (Å²) in [6, 6.07) is 17.0. The van der Waals surface area contributed by atoms with Crippen LogP contribution in [0.2, 0.25) is 0 Å². The largest absolute Gasteiger partial charge is 0.363 e. The van der Waals surface area contributed by atoms with Crippen LogP contribution >= 0.6 is 0 Å². The van der Waals surface area contributed by atoms with Gasteiger partial charge >= 0.3 is 5.97 Å². The summed E-state index contributed by atoms with van der Waals surface area (Å²) in [5.74, 6) is -0.948. The molecule has 0 aliphatic carbocycles. The zero-order valence-corrected chi connectivity index (χ0v) is 14.5. The maximum atomic E-state index is 12.1. The van der Waals surface area contributed by atoms with Gasteiger partial charge in [0, 0.05) is 12.4 Å². The van der Waals surface area contributed by atoms with Crippen LogP contribution in [0.15, 0.2) is 83.3 Å². The van der Waals surface area contributed by atoms with Crippen molar-refractivity contribution in [3.63, 3.8) is 0 Å². The average Bonchev–Trinajstić information content (AvgIpc) is 2.72. The quantitative estimate of drug-likeness (QED) is 0.534. The molecule has 1 amide bonds. The average molecular weight is 360 g/mol. The number of carbonyl (C=O) groups excluding carboxylic acids is 2. The molecule has 0 spiro atoms. The summed E-state index contributed by atoms with van der Waals surface area (Å²) >= 11 is 0. The highest BCUT2D eigenvalue weighted by molar-refractivity contribution is 5.94. The summed E-state index contributed by atoms with van der Waals surface area (Å²) in [6.07, 6.45) is 3.00. The van der Waals surface area contributed by atoms with Crippen LogP contribution in [0, 0.1) is 6.92 Å². The lowest BCUT2D eigenvalue weighted by Gasteiger charge is -2.08. The second-order valence-electron chi connectivity index (χ2n) is 5.60. The number of rotatable bonds is 5. The molecule has 0 saturated carbocycles. The molecule has 1 heterocycles. The van der Waals surface area contributed by atoms with Gasteiger partial charge in [-0.1, -0.05) is 18.2 Å². The third-order valence-corrected chi connectivity index (χ3v) is 3.66. The molecule has 0 fully saturated rings. The van der Waals surface area contributed by atoms with Gasteiger partial charge in [-0.25, -0.2) is 10.3 Å². The molecule has 2 aromatic carbocycles. The molecule has 134 valence electrons. The Bertz CT molecular complexity index is 970. The fourth-order valence-electron chi connectivity index (χ4n) is 2.21. The first-order valence-corrected chi connectivity index (χ1v) is 8.12. The number of nitrogens with one attached hydrogen (secondary N) is 1. The number of benzene rings is 2. The fraction of sp³-hybridized carbons (Fsp3) is 0.0500. The highest BCUT2D eigenvalue weighted by atomic mass is 16.7. The van der Waals surface area contributed by atoms with Crippen molar-refractivity contribution in [2.75, 3.05) is 5.48 Å². The molecule has 7 nitrogen and oxygen atoms in total. The van der Waals surface area contributed by atoms with Crippen molar-refractivity contribution < 1.29 is 14.4 Å². The minimum Gasteiger partial charge on any atom is -0.338 e. The Kier molecular flexibility index (Phi) is 5.64. The zero-order chi connectivity index (χ0) is 19.1. The van der Waals surface area contributed by atoms with E-state index in [0.29, 0.717) is 22.5 Å². The van der Waals surface area contributed by atoms with Crippen molar-refractivity contribution in [1.82, 2.24) is 4.98 Å². The summed E-state index contributed by atoms with van der Waals surface area (Å²) in [4.78, 5) is 32.9. The van der Waals surface area contributed by atoms with E-state index >= 15 is 0 Å². The van der Waals surface area contributed by atoms with Crippen LogP contribution < -0.4 is 5.48 Å². The second kappa shape index (κ2) is 8.48. The van der Waals surface area contributed by atoms with Gasteiger partial charge in [0.25, 0.3) is 5.91 Å². The lowest BCUT2D eigenvalue weighted by atomic mass is 10.1. The summed E-state index contributed by atoms with van der Waals surface area (Å²) in [5.41, 5.74) is 5.33. The Morgan fingerprint density at radius 3 is 2.48 bits per heavy atom. The predicted molar refractivity (Wildman–Crippen MR) is 99.7 cm³/mol. The van der Waals surface area contributed by atoms with Crippen molar-refractivity contribution in [2.45, 2.75) is 6.92 Å². The molecule has 0 aliphatic rings. The molecule has 0 atom stereocenters. The number of nitrogens with zero attached hydrogens (tertiary/aromatic N) is 3. The van der Waals surface area contributed by atoms with E-state index in [1.165, 1.54) is 6.20 Å². The van der Waals surface area contributed by atoms with E-state index in [4.69, 9.17) is 4.84 Å². The minimum absolute atomic E-state index is 0.364. The molecule has 0 radical (unpaired) electrons. The predicted octanol–water partition coefficient (Wildman–Crippen LogP) is 4.50. The van der Waals surface area contributed by atoms with Crippen molar-refractivity contribution in [2.24, 2.45) is 10.2 Å². The lowest BCUT2D eigenvalue weighted by Crippen LogP contribution is -2.11. The number of pyridine rings is 1. The van der Waals surface area contributed by atoms with Gasteiger partial charge in [0.15, 0.2) is 0 Å². The van der Waals surface area contributed by atoms with Crippen LogP contribution in [0.25, 0.3) is 0 Å². The molecule has 3 rings (SSSR count). The monoisotopic (exact) mass is 360 g/mol. The number of amides is 1. The summed E-state index contributed by atoms with van der Waals surface area (Å²) in [5, 5.41) is 7.55. The normalized spacial score (nSPS) is 10.6. The number of hydrogen-bond acceptors (Lipinski definition) is 6. The highest BCUT2D eigenvalue weighted by Gasteiger charge is 2.10. The van der Waals surface area contributed by atoms with E-state index in [-0.39, 0.29) is 0 Å². The van der Waals surface area contributed by atoms with Gasteiger partial charge in [-0.05, 0) is 55.0 Å². The number of anilines is 1. The molecule has 0 saturated heterocycles. The SMILES string of the molecule is Cc1ccccc1C(=O)ONc1ccc(N=NC(=O)c2cccnc2)cc1. The molecule has 3 aromatic rings. The molecule has 0 unspecified atom stereocenters. The molecule has 1 aromatic heterocycles. The van der Waals surface area contributed by atoms with E-state index < -0.39 is 11.9 Å². The second-order valence-corrected chi connectivity index (χ2v) is 5.60. The van der Waals surface area contributed by atoms with Gasteiger partial charge < -0.3 is 4.84 Å². The van der Waals surface area contributed by atoms with Crippen molar-refractivity contribution in [1.29, 1.82) is 0 Å². The number of aromatic nitrogens is 1. The summed E-state index contributed by atoms with van der Waals surface area (Å²) in [7, 11) is 0. The summed E-state index contributed by atoms with van der Waals surface area (Å²) < 4.78 is 0. The first kappa shape index (κ1) is 17.9. The van der Waals surface area contributed by atoms with Gasteiger partial charge in [0.05, 0.1) is 22.5 Å². The third kappa shape index (κ3) is 4.82. The van der Waals surface area contributed by atoms with E-state index in [1.807, 2.05) is 19.1 Å². The maximum Gasteiger partial charge on any atom is 0.363 e. The Hall–Kier alpha value is -3.87. The zero-order valence-electron chi connectivity index (χ0n) is 14.5. The van der Waals surface area contributed by atoms with Crippen LogP contribution in [-0.2, 0) is 4.84 Å². The van der Waals surface area contributed by atoms with Gasteiger partial charge in [0.2, 0.25) is 0 Å². The van der Waals surface area contributed by atoms with Crippen molar-refractivity contribution >= 4 is 23.3 Å². The molecule has 27 heavy (non-hydrogen) atoms. The van der Waals surface area contributed by atoms with Crippen LogP contribution in [0.4, 0.5) is 11.4 Å². The molecule has 1 N–H and O–H groups in total. The van der Waals surface area contributed by atoms with Crippen molar-refractivity contribution in [3.8, 4) is 0 Å². The van der Waals surface area contributed by atoms with E-state index in [2.05, 4.69) is 20.7 Å². The first-order valence-electron chi connectivity index (χ1n) is 8.12. The Morgan fingerprint density at radius 1 is 1.00 bits per heavy atom. The number of carbonyl (C=O) groups is 2.